The summed E-state index contributed by atoms with van der Waals surface area (Å²) in [6, 6.07) is 0.290. The molecule has 1 N–H and O–H groups in total. The fourth-order valence-corrected chi connectivity index (χ4v) is 2.11. The lowest BCUT2D eigenvalue weighted by Crippen LogP contribution is -2.23. The lowest BCUT2D eigenvalue weighted by molar-refractivity contribution is 0.488. The molecule has 0 aliphatic carbocycles. The molecule has 1 atom stereocenters. The highest BCUT2D eigenvalue weighted by molar-refractivity contribution is 5.09. The Morgan fingerprint density at radius 3 is 2.74 bits per heavy atom. The molecule has 0 aliphatic rings. The topological polar surface area (TPSA) is 55.6 Å². The van der Waals surface area contributed by atoms with Crippen LogP contribution < -0.4 is 5.32 Å². The van der Waals surface area contributed by atoms with Crippen molar-refractivity contribution >= 4 is 0 Å². The Kier molecular flexibility index (Phi) is 5.03. The Bertz CT molecular complexity index is 480. The Hall–Kier alpha value is -1.75. The quantitative estimate of drug-likeness (QED) is 0.825. The summed E-state index contributed by atoms with van der Waals surface area (Å²) in [6.07, 6.45) is 12.2. The summed E-state index contributed by atoms with van der Waals surface area (Å²) in [5, 5.41) is 3.55. The minimum absolute atomic E-state index is 0.290. The van der Waals surface area contributed by atoms with Crippen molar-refractivity contribution in [2.75, 3.05) is 6.54 Å². The number of hydrogen-bond acceptors (Lipinski definition) is 4. The van der Waals surface area contributed by atoms with E-state index in [0.717, 1.165) is 37.2 Å². The summed E-state index contributed by atoms with van der Waals surface area (Å²) < 4.78 is 2.07. The molecule has 5 heteroatoms. The molecule has 0 amide bonds. The number of aryl methyl sites for hydroxylation is 2. The second-order valence-electron chi connectivity index (χ2n) is 4.67. The van der Waals surface area contributed by atoms with E-state index in [1.54, 1.807) is 6.33 Å². The van der Waals surface area contributed by atoms with Gasteiger partial charge < -0.3 is 9.88 Å². The first kappa shape index (κ1) is 13.7. The van der Waals surface area contributed by atoms with E-state index in [-0.39, 0.29) is 6.04 Å². The van der Waals surface area contributed by atoms with Gasteiger partial charge in [0.25, 0.3) is 0 Å². The second-order valence-corrected chi connectivity index (χ2v) is 4.67. The number of aromatic nitrogens is 4. The third-order valence-corrected chi connectivity index (χ3v) is 3.20. The van der Waals surface area contributed by atoms with Crippen LogP contribution in [0.15, 0.2) is 31.1 Å². The number of nitrogens with one attached hydrogen (secondary N) is 1. The molecule has 19 heavy (non-hydrogen) atoms. The van der Waals surface area contributed by atoms with Crippen molar-refractivity contribution in [2.24, 2.45) is 7.05 Å². The Labute approximate surface area is 114 Å². The van der Waals surface area contributed by atoms with Crippen LogP contribution >= 0.6 is 0 Å². The van der Waals surface area contributed by atoms with Gasteiger partial charge in [-0.3, -0.25) is 0 Å². The standard InChI is InChI=1S/C14H21N5/c1-3-6-17-13(12-9-15-11-16-10-12)4-5-14-18-7-8-19(14)2/h7-11,13,17H,3-6H2,1-2H3. The monoisotopic (exact) mass is 259 g/mol. The average Bonchev–Trinajstić information content (AvgIpc) is 2.85. The van der Waals surface area contributed by atoms with Crippen LogP contribution in [0.5, 0.6) is 0 Å². The maximum atomic E-state index is 4.37. The van der Waals surface area contributed by atoms with Gasteiger partial charge in [0.1, 0.15) is 12.2 Å². The molecule has 0 aromatic carbocycles. The van der Waals surface area contributed by atoms with Crippen LogP contribution in [0.1, 0.15) is 37.2 Å². The van der Waals surface area contributed by atoms with E-state index in [1.165, 1.54) is 0 Å². The molecule has 2 rings (SSSR count). The van der Waals surface area contributed by atoms with Crippen LogP contribution in [0.25, 0.3) is 0 Å². The van der Waals surface area contributed by atoms with Crippen LogP contribution in [-0.2, 0) is 13.5 Å². The fraction of sp³-hybridized carbons (Fsp3) is 0.500. The Balaban J connectivity index is 2.00. The molecule has 0 saturated heterocycles. The molecule has 0 radical (unpaired) electrons. The van der Waals surface area contributed by atoms with Crippen LogP contribution in [0.3, 0.4) is 0 Å². The van der Waals surface area contributed by atoms with Crippen molar-refractivity contribution in [3.05, 3.63) is 42.5 Å². The van der Waals surface area contributed by atoms with Crippen LogP contribution in [-0.4, -0.2) is 26.1 Å². The molecular formula is C14H21N5. The average molecular weight is 259 g/mol. The number of imidazole rings is 1. The molecule has 2 heterocycles. The zero-order valence-corrected chi connectivity index (χ0v) is 11.6. The largest absolute Gasteiger partial charge is 0.338 e. The molecule has 1 unspecified atom stereocenters. The third kappa shape index (κ3) is 3.86. The van der Waals surface area contributed by atoms with Gasteiger partial charge >= 0.3 is 0 Å². The van der Waals surface area contributed by atoms with Crippen molar-refractivity contribution in [1.29, 1.82) is 0 Å². The summed E-state index contributed by atoms with van der Waals surface area (Å²) in [4.78, 5) is 12.6. The Morgan fingerprint density at radius 1 is 1.32 bits per heavy atom. The van der Waals surface area contributed by atoms with Gasteiger partial charge in [0.2, 0.25) is 0 Å². The number of rotatable bonds is 7. The van der Waals surface area contributed by atoms with E-state index in [2.05, 4.69) is 31.8 Å². The highest BCUT2D eigenvalue weighted by atomic mass is 15.0. The molecule has 0 fully saturated rings. The normalized spacial score (nSPS) is 12.5. The highest BCUT2D eigenvalue weighted by Crippen LogP contribution is 2.17. The van der Waals surface area contributed by atoms with Gasteiger partial charge in [-0.2, -0.15) is 0 Å². The van der Waals surface area contributed by atoms with E-state index >= 15 is 0 Å². The van der Waals surface area contributed by atoms with Gasteiger partial charge in [0.15, 0.2) is 0 Å². The minimum Gasteiger partial charge on any atom is -0.338 e. The summed E-state index contributed by atoms with van der Waals surface area (Å²) >= 11 is 0. The molecular weight excluding hydrogens is 238 g/mol. The molecule has 102 valence electrons. The maximum Gasteiger partial charge on any atom is 0.115 e. The molecule has 2 aromatic heterocycles. The second kappa shape index (κ2) is 6.99. The molecule has 5 nitrogen and oxygen atoms in total. The summed E-state index contributed by atoms with van der Waals surface area (Å²) in [5.41, 5.74) is 1.14. The van der Waals surface area contributed by atoms with Crippen molar-refractivity contribution in [3.8, 4) is 0 Å². The van der Waals surface area contributed by atoms with Crippen molar-refractivity contribution < 1.29 is 0 Å². The Morgan fingerprint density at radius 2 is 2.11 bits per heavy atom. The van der Waals surface area contributed by atoms with Crippen molar-refractivity contribution in [3.63, 3.8) is 0 Å². The van der Waals surface area contributed by atoms with Crippen molar-refractivity contribution in [1.82, 2.24) is 24.8 Å². The minimum atomic E-state index is 0.290. The van der Waals surface area contributed by atoms with E-state index < -0.39 is 0 Å². The smallest absolute Gasteiger partial charge is 0.115 e. The van der Waals surface area contributed by atoms with Crippen LogP contribution in [0.2, 0.25) is 0 Å². The maximum absolute atomic E-state index is 4.37. The van der Waals surface area contributed by atoms with Gasteiger partial charge in [-0.05, 0) is 19.4 Å². The predicted molar refractivity (Wildman–Crippen MR) is 74.6 cm³/mol. The van der Waals surface area contributed by atoms with E-state index in [1.807, 2.05) is 31.8 Å². The highest BCUT2D eigenvalue weighted by Gasteiger charge is 2.12. The first-order valence-electron chi connectivity index (χ1n) is 6.75. The molecule has 0 aliphatic heterocycles. The lowest BCUT2D eigenvalue weighted by atomic mass is 10.0. The molecule has 2 aromatic rings. The van der Waals surface area contributed by atoms with E-state index in [0.29, 0.717) is 0 Å². The zero-order valence-electron chi connectivity index (χ0n) is 11.6. The molecule has 0 saturated carbocycles. The first-order valence-corrected chi connectivity index (χ1v) is 6.75. The van der Waals surface area contributed by atoms with Gasteiger partial charge in [0.05, 0.1) is 0 Å². The fourth-order valence-electron chi connectivity index (χ4n) is 2.11. The lowest BCUT2D eigenvalue weighted by Gasteiger charge is -2.18. The number of nitrogens with zero attached hydrogens (tertiary/aromatic N) is 4. The summed E-state index contributed by atoms with van der Waals surface area (Å²) in [5.74, 6) is 1.11. The molecule has 0 bridgehead atoms. The summed E-state index contributed by atoms with van der Waals surface area (Å²) in [7, 11) is 2.03. The van der Waals surface area contributed by atoms with Crippen molar-refractivity contribution in [2.45, 2.75) is 32.2 Å². The van der Waals surface area contributed by atoms with Gasteiger partial charge in [-0.15, -0.1) is 0 Å². The van der Waals surface area contributed by atoms with Gasteiger partial charge in [-0.1, -0.05) is 6.92 Å². The van der Waals surface area contributed by atoms with Crippen LogP contribution in [0, 0.1) is 0 Å². The SMILES string of the molecule is CCCNC(CCc1nccn1C)c1cncnc1. The number of hydrogen-bond donors (Lipinski definition) is 1. The van der Waals surface area contributed by atoms with E-state index in [4.69, 9.17) is 0 Å². The van der Waals surface area contributed by atoms with Crippen LogP contribution in [0.4, 0.5) is 0 Å². The van der Waals surface area contributed by atoms with E-state index in [9.17, 15) is 0 Å². The zero-order chi connectivity index (χ0) is 13.5. The van der Waals surface area contributed by atoms with Gasteiger partial charge in [0, 0.05) is 49.9 Å². The summed E-state index contributed by atoms with van der Waals surface area (Å²) in [6.45, 7) is 3.17. The van der Waals surface area contributed by atoms with Gasteiger partial charge in [-0.25, -0.2) is 15.0 Å². The third-order valence-electron chi connectivity index (χ3n) is 3.20. The predicted octanol–water partition coefficient (Wildman–Crippen LogP) is 1.88. The molecule has 0 spiro atoms. The first-order chi connectivity index (χ1) is 9.31.